The number of hydrogen-bond donors (Lipinski definition) is 0. The zero-order valence-electron chi connectivity index (χ0n) is 27.5. The molecule has 0 heterocycles. The topological polar surface area (TPSA) is 18.5 Å². The number of benzene rings is 2. The molecule has 0 saturated carbocycles. The molecule has 0 radical (unpaired) electrons. The summed E-state index contributed by atoms with van der Waals surface area (Å²) in [4.78, 5) is 0. The zero-order valence-corrected chi connectivity index (χ0v) is 33.5. The smallest absolute Gasteiger partial charge is 1.00 e. The fourth-order valence-corrected chi connectivity index (χ4v) is 8.75. The Hall–Kier alpha value is -0.973. The molecule has 0 amide bonds. The summed E-state index contributed by atoms with van der Waals surface area (Å²) in [5.74, 6) is 2.09. The van der Waals surface area contributed by atoms with E-state index in [0.717, 1.165) is 11.5 Å². The van der Waals surface area contributed by atoms with Crippen molar-refractivity contribution in [2.45, 2.75) is 103 Å². The number of rotatable bonds is 10. The van der Waals surface area contributed by atoms with E-state index in [0.29, 0.717) is 10.1 Å². The van der Waals surface area contributed by atoms with Gasteiger partial charge in [-0.05, 0) is 49.1 Å². The second kappa shape index (κ2) is 17.5. The van der Waals surface area contributed by atoms with Crippen molar-refractivity contribution in [3.8, 4) is 11.5 Å². The van der Waals surface area contributed by atoms with Gasteiger partial charge >= 0.3 is 28.4 Å². The SMILES string of the molecule is CCCC(C)(C)[Si](C)(C)Oc1cc2ccccc2[cH-]1.CCCC(C)(C)[Si](C)(C)Oc1cc2ccccc2[cH-]1.[CH2]=[Zr+2].[Cl-].[Cl-]. The Morgan fingerprint density at radius 3 is 1.24 bits per heavy atom. The van der Waals surface area contributed by atoms with E-state index in [1.807, 2.05) is 0 Å². The van der Waals surface area contributed by atoms with Crippen molar-refractivity contribution in [1.82, 2.24) is 0 Å². The van der Waals surface area contributed by atoms with Crippen LogP contribution in [-0.4, -0.2) is 20.8 Å². The van der Waals surface area contributed by atoms with Crippen LogP contribution in [0.3, 0.4) is 0 Å². The van der Waals surface area contributed by atoms with Crippen LogP contribution >= 0.6 is 0 Å². The Kier molecular flexibility index (Phi) is 17.1. The molecule has 7 heteroatoms. The third kappa shape index (κ3) is 10.6. The molecule has 0 aliphatic carbocycles. The van der Waals surface area contributed by atoms with Crippen LogP contribution in [0, 0.1) is 0 Å². The first-order valence-corrected chi connectivity index (χ1v) is 22.3. The maximum absolute atomic E-state index is 6.44. The molecule has 0 aliphatic rings. The van der Waals surface area contributed by atoms with Gasteiger partial charge in [0.05, 0.1) is 0 Å². The Labute approximate surface area is 286 Å². The van der Waals surface area contributed by atoms with E-state index >= 15 is 0 Å². The van der Waals surface area contributed by atoms with E-state index in [9.17, 15) is 0 Å². The van der Waals surface area contributed by atoms with Gasteiger partial charge in [-0.2, -0.15) is 0 Å². The van der Waals surface area contributed by atoms with E-state index < -0.39 is 16.6 Å². The standard InChI is InChI=1S/2C17H25OSi.CH2.2ClH.Zr/c2*1-6-11-17(2,3)19(4,5)18-16-12-14-9-7-8-10-15(14)13-16;;;;/h2*7-10,12-13H,6,11H2,1-5H3;1H2;2*1H;/q2*-1;;;;+2/p-2. The van der Waals surface area contributed by atoms with E-state index in [1.54, 1.807) is 0 Å². The number of halogens is 2. The van der Waals surface area contributed by atoms with Crippen LogP contribution in [0.4, 0.5) is 0 Å². The van der Waals surface area contributed by atoms with Gasteiger partial charge in [-0.15, -0.1) is 82.2 Å². The Morgan fingerprint density at radius 2 is 0.952 bits per heavy atom. The minimum Gasteiger partial charge on any atom is -1.00 e. The summed E-state index contributed by atoms with van der Waals surface area (Å²) in [6.45, 7) is 23.3. The quantitative estimate of drug-likeness (QED) is 0.161. The van der Waals surface area contributed by atoms with Crippen molar-refractivity contribution in [1.29, 1.82) is 0 Å². The molecule has 0 fully saturated rings. The molecule has 4 rings (SSSR count). The van der Waals surface area contributed by atoms with E-state index in [1.165, 1.54) is 71.5 Å². The van der Waals surface area contributed by atoms with Gasteiger partial charge in [-0.1, -0.05) is 66.5 Å². The molecule has 0 N–H and O–H groups in total. The minimum atomic E-state index is -1.76. The van der Waals surface area contributed by atoms with Crippen molar-refractivity contribution in [3.05, 3.63) is 72.8 Å². The molecule has 0 saturated heterocycles. The summed E-state index contributed by atoms with van der Waals surface area (Å²) in [5.41, 5.74) is 0. The maximum Gasteiger partial charge on any atom is -1.00 e. The summed E-state index contributed by atoms with van der Waals surface area (Å²) < 4.78 is 16.2. The molecule has 0 aliphatic heterocycles. The van der Waals surface area contributed by atoms with E-state index in [2.05, 4.69) is 145 Å². The summed E-state index contributed by atoms with van der Waals surface area (Å²) in [6.07, 6.45) is 4.89. The molecule has 0 bridgehead atoms. The normalized spacial score (nSPS) is 11.8. The van der Waals surface area contributed by atoms with Gasteiger partial charge in [0, 0.05) is 11.5 Å². The third-order valence-corrected chi connectivity index (χ3v) is 17.5. The van der Waals surface area contributed by atoms with E-state index in [-0.39, 0.29) is 24.8 Å². The van der Waals surface area contributed by atoms with Crippen LogP contribution in [-0.2, 0) is 24.2 Å². The second-order valence-corrected chi connectivity index (χ2v) is 22.3. The zero-order chi connectivity index (χ0) is 30.2. The van der Waals surface area contributed by atoms with Crippen molar-refractivity contribution in [3.63, 3.8) is 0 Å². The second-order valence-electron chi connectivity index (χ2n) is 13.1. The van der Waals surface area contributed by atoms with Gasteiger partial charge in [-0.3, -0.25) is 0 Å². The van der Waals surface area contributed by atoms with Crippen LogP contribution in [0.25, 0.3) is 21.5 Å². The molecule has 2 nitrogen and oxygen atoms in total. The van der Waals surface area contributed by atoms with Crippen LogP contribution in [0.5, 0.6) is 11.5 Å². The molecule has 0 spiro atoms. The fraction of sp³-hybridized carbons (Fsp3) is 0.457. The largest absolute Gasteiger partial charge is 1.00 e. The fourth-order valence-electron chi connectivity index (χ4n) is 5.08. The molecule has 4 aromatic carbocycles. The minimum absolute atomic E-state index is 0. The van der Waals surface area contributed by atoms with Crippen LogP contribution < -0.4 is 33.7 Å². The number of hydrogen-bond acceptors (Lipinski definition) is 2. The maximum atomic E-state index is 6.44. The predicted molar refractivity (Wildman–Crippen MR) is 180 cm³/mol. The molecule has 42 heavy (non-hydrogen) atoms. The Morgan fingerprint density at radius 1 is 0.643 bits per heavy atom. The van der Waals surface area contributed by atoms with Crippen molar-refractivity contribution in [2.24, 2.45) is 0 Å². The molecule has 4 aromatic rings. The Bertz CT molecular complexity index is 1170. The average molecular weight is 723 g/mol. The summed E-state index contributed by atoms with van der Waals surface area (Å²) >= 11 is 1.30. The van der Waals surface area contributed by atoms with E-state index in [4.69, 9.17) is 8.85 Å². The molecule has 0 unspecified atom stereocenters. The predicted octanol–water partition coefficient (Wildman–Crippen LogP) is 5.42. The van der Waals surface area contributed by atoms with Crippen molar-refractivity contribution >= 4 is 42.4 Å². The molecule has 0 aromatic heterocycles. The van der Waals surface area contributed by atoms with Crippen LogP contribution in [0.15, 0.2) is 72.8 Å². The average Bonchev–Trinajstić information content (AvgIpc) is 3.47. The van der Waals surface area contributed by atoms with Gasteiger partial charge in [0.2, 0.25) is 16.6 Å². The number of fused-ring (bicyclic) bond motifs is 2. The first kappa shape index (κ1) is 41.0. The van der Waals surface area contributed by atoms with Crippen molar-refractivity contribution < 1.29 is 57.9 Å². The molecular formula is C35H52Cl2O2Si2Zr-2. The van der Waals surface area contributed by atoms with Gasteiger partial charge < -0.3 is 33.7 Å². The summed E-state index contributed by atoms with van der Waals surface area (Å²) in [7, 11) is -3.51. The molecule has 232 valence electrons. The van der Waals surface area contributed by atoms with Gasteiger partial charge in [0.1, 0.15) is 0 Å². The first-order chi connectivity index (χ1) is 18.7. The third-order valence-electron chi connectivity index (χ3n) is 8.94. The van der Waals surface area contributed by atoms with Crippen LogP contribution in [0.1, 0.15) is 67.2 Å². The first-order valence-electron chi connectivity index (χ1n) is 14.8. The Balaban J connectivity index is 0.000000723. The van der Waals surface area contributed by atoms with Crippen molar-refractivity contribution in [2.75, 3.05) is 0 Å². The van der Waals surface area contributed by atoms with Gasteiger partial charge in [-0.25, -0.2) is 0 Å². The summed E-state index contributed by atoms with van der Waals surface area (Å²) in [6, 6.07) is 25.6. The summed E-state index contributed by atoms with van der Waals surface area (Å²) in [5, 5.41) is 5.69. The molecule has 0 atom stereocenters. The van der Waals surface area contributed by atoms with Crippen LogP contribution in [0.2, 0.25) is 36.3 Å². The van der Waals surface area contributed by atoms with Gasteiger partial charge in [0.15, 0.2) is 0 Å². The monoisotopic (exact) mass is 720 g/mol. The van der Waals surface area contributed by atoms with Gasteiger partial charge in [0.25, 0.3) is 0 Å². The molecular weight excluding hydrogens is 671 g/mol.